The zero-order valence-corrected chi connectivity index (χ0v) is 9.22. The Morgan fingerprint density at radius 1 is 1.47 bits per heavy atom. The standard InChI is InChI=1S/C11H17N3O/c1-8-5-6-14(10(8)7-15)11-4-3-9(2)12-13-11/h3-4,8,10,15H,5-7H2,1-2H3. The molecule has 0 bridgehead atoms. The number of hydrogen-bond donors (Lipinski definition) is 1. The van der Waals surface area contributed by atoms with Gasteiger partial charge in [0.1, 0.15) is 0 Å². The molecule has 2 unspecified atom stereocenters. The first-order chi connectivity index (χ1) is 7.22. The Bertz CT molecular complexity index is 325. The highest BCUT2D eigenvalue weighted by Gasteiger charge is 2.31. The van der Waals surface area contributed by atoms with Gasteiger partial charge in [-0.05, 0) is 31.4 Å². The summed E-state index contributed by atoms with van der Waals surface area (Å²) < 4.78 is 0. The van der Waals surface area contributed by atoms with Gasteiger partial charge < -0.3 is 10.0 Å². The maximum Gasteiger partial charge on any atom is 0.151 e. The quantitative estimate of drug-likeness (QED) is 0.785. The minimum absolute atomic E-state index is 0.191. The van der Waals surface area contributed by atoms with Crippen LogP contribution in [0.15, 0.2) is 12.1 Å². The van der Waals surface area contributed by atoms with E-state index in [1.54, 1.807) is 0 Å². The number of hydrogen-bond acceptors (Lipinski definition) is 4. The van der Waals surface area contributed by atoms with E-state index in [9.17, 15) is 5.11 Å². The lowest BCUT2D eigenvalue weighted by atomic mass is 10.0. The molecule has 4 heteroatoms. The molecule has 0 amide bonds. The van der Waals surface area contributed by atoms with E-state index >= 15 is 0 Å². The summed E-state index contributed by atoms with van der Waals surface area (Å²) >= 11 is 0. The zero-order valence-electron chi connectivity index (χ0n) is 9.22. The number of rotatable bonds is 2. The summed E-state index contributed by atoms with van der Waals surface area (Å²) in [5, 5.41) is 17.5. The third-order valence-electron chi connectivity index (χ3n) is 3.15. The van der Waals surface area contributed by atoms with Gasteiger partial charge in [0.05, 0.1) is 18.3 Å². The van der Waals surface area contributed by atoms with Gasteiger partial charge in [0.2, 0.25) is 0 Å². The molecule has 0 saturated carbocycles. The maximum atomic E-state index is 9.33. The number of aliphatic hydroxyl groups excluding tert-OH is 1. The fraction of sp³-hybridized carbons (Fsp3) is 0.636. The van der Waals surface area contributed by atoms with Gasteiger partial charge in [-0.2, -0.15) is 5.10 Å². The smallest absolute Gasteiger partial charge is 0.151 e. The number of nitrogens with zero attached hydrogens (tertiary/aromatic N) is 3. The molecular weight excluding hydrogens is 190 g/mol. The topological polar surface area (TPSA) is 49.2 Å². The molecule has 1 aromatic heterocycles. The van der Waals surface area contributed by atoms with Crippen molar-refractivity contribution in [3.05, 3.63) is 17.8 Å². The molecule has 4 nitrogen and oxygen atoms in total. The number of aryl methyl sites for hydroxylation is 1. The highest BCUT2D eigenvalue weighted by atomic mass is 16.3. The van der Waals surface area contributed by atoms with Crippen LogP contribution in [0.2, 0.25) is 0 Å². The molecule has 2 rings (SSSR count). The van der Waals surface area contributed by atoms with Crippen LogP contribution in [0.1, 0.15) is 19.0 Å². The summed E-state index contributed by atoms with van der Waals surface area (Å²) in [5.74, 6) is 1.40. The molecule has 0 radical (unpaired) electrons. The van der Waals surface area contributed by atoms with E-state index in [2.05, 4.69) is 22.0 Å². The molecule has 1 fully saturated rings. The van der Waals surface area contributed by atoms with Crippen molar-refractivity contribution in [2.45, 2.75) is 26.3 Å². The molecule has 0 aliphatic carbocycles. The Balaban J connectivity index is 2.20. The number of anilines is 1. The van der Waals surface area contributed by atoms with Gasteiger partial charge in [0.25, 0.3) is 0 Å². The van der Waals surface area contributed by atoms with Crippen LogP contribution in [0.25, 0.3) is 0 Å². The molecule has 2 heterocycles. The van der Waals surface area contributed by atoms with Crippen molar-refractivity contribution in [3.63, 3.8) is 0 Å². The zero-order chi connectivity index (χ0) is 10.8. The van der Waals surface area contributed by atoms with Crippen molar-refractivity contribution in [3.8, 4) is 0 Å². The van der Waals surface area contributed by atoms with Gasteiger partial charge in [-0.1, -0.05) is 6.92 Å². The normalized spacial score (nSPS) is 25.9. The molecule has 0 spiro atoms. The van der Waals surface area contributed by atoms with Crippen LogP contribution in [-0.4, -0.2) is 34.5 Å². The average Bonchev–Trinajstić information content (AvgIpc) is 2.61. The van der Waals surface area contributed by atoms with Crippen molar-refractivity contribution in [2.75, 3.05) is 18.1 Å². The third kappa shape index (κ3) is 1.95. The SMILES string of the molecule is Cc1ccc(N2CCC(C)C2CO)nn1. The van der Waals surface area contributed by atoms with Gasteiger partial charge in [-0.3, -0.25) is 0 Å². The fourth-order valence-electron chi connectivity index (χ4n) is 2.12. The Hall–Kier alpha value is -1.16. The minimum atomic E-state index is 0.191. The molecular formula is C11H17N3O. The Kier molecular flexibility index (Phi) is 2.86. The van der Waals surface area contributed by atoms with E-state index in [0.717, 1.165) is 24.5 Å². The molecule has 0 aromatic carbocycles. The molecule has 2 atom stereocenters. The van der Waals surface area contributed by atoms with Crippen LogP contribution in [0.4, 0.5) is 5.82 Å². The Morgan fingerprint density at radius 3 is 2.87 bits per heavy atom. The molecule has 1 saturated heterocycles. The van der Waals surface area contributed by atoms with Crippen LogP contribution < -0.4 is 4.90 Å². The van der Waals surface area contributed by atoms with Crippen LogP contribution in [0.5, 0.6) is 0 Å². The van der Waals surface area contributed by atoms with Gasteiger partial charge >= 0.3 is 0 Å². The van der Waals surface area contributed by atoms with E-state index in [4.69, 9.17) is 0 Å². The lowest BCUT2D eigenvalue weighted by molar-refractivity contribution is 0.244. The molecule has 1 aliphatic heterocycles. The van der Waals surface area contributed by atoms with E-state index in [1.165, 1.54) is 0 Å². The van der Waals surface area contributed by atoms with Crippen molar-refractivity contribution in [1.82, 2.24) is 10.2 Å². The third-order valence-corrected chi connectivity index (χ3v) is 3.15. The second kappa shape index (κ2) is 4.14. The van der Waals surface area contributed by atoms with Crippen molar-refractivity contribution >= 4 is 5.82 Å². The summed E-state index contributed by atoms with van der Waals surface area (Å²) in [6.45, 7) is 5.25. The van der Waals surface area contributed by atoms with Gasteiger partial charge in [0.15, 0.2) is 5.82 Å². The van der Waals surface area contributed by atoms with Crippen molar-refractivity contribution in [2.24, 2.45) is 5.92 Å². The van der Waals surface area contributed by atoms with Crippen LogP contribution in [0.3, 0.4) is 0 Å². The highest BCUT2D eigenvalue weighted by molar-refractivity contribution is 5.40. The largest absolute Gasteiger partial charge is 0.394 e. The van der Waals surface area contributed by atoms with Gasteiger partial charge in [0, 0.05) is 6.54 Å². The van der Waals surface area contributed by atoms with E-state index in [0.29, 0.717) is 5.92 Å². The predicted molar refractivity (Wildman–Crippen MR) is 58.8 cm³/mol. The monoisotopic (exact) mass is 207 g/mol. The van der Waals surface area contributed by atoms with Crippen LogP contribution >= 0.6 is 0 Å². The number of aliphatic hydroxyl groups is 1. The van der Waals surface area contributed by atoms with Gasteiger partial charge in [-0.25, -0.2) is 0 Å². The second-order valence-electron chi connectivity index (χ2n) is 4.24. The van der Waals surface area contributed by atoms with Crippen molar-refractivity contribution < 1.29 is 5.11 Å². The summed E-state index contributed by atoms with van der Waals surface area (Å²) in [6, 6.07) is 4.13. The molecule has 82 valence electrons. The first-order valence-electron chi connectivity index (χ1n) is 5.40. The molecule has 15 heavy (non-hydrogen) atoms. The summed E-state index contributed by atoms with van der Waals surface area (Å²) in [7, 11) is 0. The predicted octanol–water partition coefficient (Wildman–Crippen LogP) is 0.992. The first-order valence-corrected chi connectivity index (χ1v) is 5.40. The summed E-state index contributed by atoms with van der Waals surface area (Å²) in [6.07, 6.45) is 1.11. The maximum absolute atomic E-state index is 9.33. The van der Waals surface area contributed by atoms with Crippen LogP contribution in [-0.2, 0) is 0 Å². The van der Waals surface area contributed by atoms with E-state index in [-0.39, 0.29) is 12.6 Å². The van der Waals surface area contributed by atoms with E-state index in [1.807, 2.05) is 19.1 Å². The minimum Gasteiger partial charge on any atom is -0.394 e. The number of aromatic nitrogens is 2. The van der Waals surface area contributed by atoms with Crippen molar-refractivity contribution in [1.29, 1.82) is 0 Å². The summed E-state index contributed by atoms with van der Waals surface area (Å²) in [5.41, 5.74) is 0.923. The lowest BCUT2D eigenvalue weighted by Gasteiger charge is -2.25. The fourth-order valence-corrected chi connectivity index (χ4v) is 2.12. The molecule has 1 aromatic rings. The Labute approximate surface area is 89.9 Å². The Morgan fingerprint density at radius 2 is 2.27 bits per heavy atom. The van der Waals surface area contributed by atoms with E-state index < -0.39 is 0 Å². The lowest BCUT2D eigenvalue weighted by Crippen LogP contribution is -2.35. The molecule has 1 N–H and O–H groups in total. The average molecular weight is 207 g/mol. The first kappa shape index (κ1) is 10.4. The molecule has 1 aliphatic rings. The second-order valence-corrected chi connectivity index (χ2v) is 4.24. The highest BCUT2D eigenvalue weighted by Crippen LogP contribution is 2.27. The van der Waals surface area contributed by atoms with Crippen LogP contribution in [0, 0.1) is 12.8 Å². The summed E-state index contributed by atoms with van der Waals surface area (Å²) in [4.78, 5) is 2.15. The van der Waals surface area contributed by atoms with Gasteiger partial charge in [-0.15, -0.1) is 5.10 Å².